The summed E-state index contributed by atoms with van der Waals surface area (Å²) in [7, 11) is 0. The van der Waals surface area contributed by atoms with Crippen LogP contribution in [0.2, 0.25) is 0 Å². The average Bonchev–Trinajstić information content (AvgIpc) is 2.27. The molecular weight excluding hydrogens is 248 g/mol. The van der Waals surface area contributed by atoms with Crippen LogP contribution < -0.4 is 5.32 Å². The monoisotopic (exact) mass is 282 g/mol. The molecule has 1 saturated carbocycles. The first-order valence-electron chi connectivity index (χ1n) is 8.40. The molecule has 0 aromatic carbocycles. The van der Waals surface area contributed by atoms with Gasteiger partial charge >= 0.3 is 0 Å². The lowest BCUT2D eigenvalue weighted by molar-refractivity contribution is -0.191. The van der Waals surface area contributed by atoms with Crippen LogP contribution in [0.25, 0.3) is 0 Å². The van der Waals surface area contributed by atoms with Gasteiger partial charge in [0.2, 0.25) is 0 Å². The van der Waals surface area contributed by atoms with Crippen LogP contribution in [0.15, 0.2) is 0 Å². The number of hydrogen-bond acceptors (Lipinski definition) is 3. The van der Waals surface area contributed by atoms with Gasteiger partial charge in [0.1, 0.15) is 0 Å². The largest absolute Gasteiger partial charge is 0.367 e. The Morgan fingerprint density at radius 1 is 1.10 bits per heavy atom. The molecule has 3 atom stereocenters. The molecule has 3 unspecified atom stereocenters. The van der Waals surface area contributed by atoms with E-state index in [1.54, 1.807) is 0 Å². The van der Waals surface area contributed by atoms with Crippen LogP contribution in [0.3, 0.4) is 0 Å². The number of hydrogen-bond donors (Lipinski definition) is 1. The highest BCUT2D eigenvalue weighted by atomic mass is 16.5. The van der Waals surface area contributed by atoms with Crippen molar-refractivity contribution in [2.75, 3.05) is 19.6 Å². The molecular formula is C17H34N2O. The van der Waals surface area contributed by atoms with Crippen LogP contribution in [0.4, 0.5) is 0 Å². The summed E-state index contributed by atoms with van der Waals surface area (Å²) in [6, 6.07) is 1.32. The number of morpholine rings is 1. The van der Waals surface area contributed by atoms with E-state index in [4.69, 9.17) is 4.74 Å². The summed E-state index contributed by atoms with van der Waals surface area (Å²) in [5.41, 5.74) is -0.0849. The molecule has 1 saturated heterocycles. The maximum absolute atomic E-state index is 6.24. The summed E-state index contributed by atoms with van der Waals surface area (Å²) in [4.78, 5) is 2.70. The Morgan fingerprint density at radius 3 is 2.25 bits per heavy atom. The zero-order chi connectivity index (χ0) is 15.0. The molecule has 2 fully saturated rings. The summed E-state index contributed by atoms with van der Waals surface area (Å²) in [5.74, 6) is 0.851. The van der Waals surface area contributed by atoms with Crippen molar-refractivity contribution in [3.05, 3.63) is 0 Å². The standard InChI is InChI=1S/C17H34N2O/c1-7-18-14-9-8-13(2)10-15(14)19-11-16(3,4)20-17(5,6)12-19/h13-15,18H,7-12H2,1-6H3. The van der Waals surface area contributed by atoms with E-state index in [1.165, 1.54) is 19.3 Å². The van der Waals surface area contributed by atoms with E-state index < -0.39 is 0 Å². The molecule has 20 heavy (non-hydrogen) atoms. The first kappa shape index (κ1) is 16.3. The number of rotatable bonds is 3. The van der Waals surface area contributed by atoms with Gasteiger partial charge in [0.05, 0.1) is 11.2 Å². The third-order valence-electron chi connectivity index (χ3n) is 4.73. The highest BCUT2D eigenvalue weighted by Crippen LogP contribution is 2.34. The predicted octanol–water partition coefficient (Wildman–Crippen LogP) is 3.04. The number of nitrogens with zero attached hydrogens (tertiary/aromatic N) is 1. The first-order chi connectivity index (χ1) is 9.22. The lowest BCUT2D eigenvalue weighted by atomic mass is 9.81. The van der Waals surface area contributed by atoms with E-state index in [9.17, 15) is 0 Å². The highest BCUT2D eigenvalue weighted by molar-refractivity contribution is 4.97. The van der Waals surface area contributed by atoms with E-state index in [2.05, 4.69) is 51.8 Å². The lowest BCUT2D eigenvalue weighted by Crippen LogP contribution is -2.64. The van der Waals surface area contributed by atoms with Gasteiger partial charge in [-0.05, 0) is 59.4 Å². The van der Waals surface area contributed by atoms with E-state index in [0.717, 1.165) is 25.6 Å². The molecule has 1 aliphatic carbocycles. The topological polar surface area (TPSA) is 24.5 Å². The van der Waals surface area contributed by atoms with Crippen molar-refractivity contribution in [3.63, 3.8) is 0 Å². The summed E-state index contributed by atoms with van der Waals surface area (Å²) in [6.45, 7) is 16.7. The Hall–Kier alpha value is -0.120. The second-order valence-corrected chi connectivity index (χ2v) is 8.18. The van der Waals surface area contributed by atoms with Crippen LogP contribution >= 0.6 is 0 Å². The quantitative estimate of drug-likeness (QED) is 0.861. The molecule has 118 valence electrons. The fraction of sp³-hybridized carbons (Fsp3) is 1.00. The van der Waals surface area contributed by atoms with Gasteiger partial charge in [-0.1, -0.05) is 13.8 Å². The average molecular weight is 282 g/mol. The van der Waals surface area contributed by atoms with Gasteiger partial charge in [0.25, 0.3) is 0 Å². The van der Waals surface area contributed by atoms with E-state index in [-0.39, 0.29) is 11.2 Å². The van der Waals surface area contributed by atoms with E-state index in [1.807, 2.05) is 0 Å². The van der Waals surface area contributed by atoms with Crippen LogP contribution in [-0.2, 0) is 4.74 Å². The van der Waals surface area contributed by atoms with Gasteiger partial charge in [0, 0.05) is 25.2 Å². The summed E-state index contributed by atoms with van der Waals surface area (Å²) in [5, 5.41) is 3.72. The molecule has 0 spiro atoms. The van der Waals surface area contributed by atoms with E-state index >= 15 is 0 Å². The van der Waals surface area contributed by atoms with Crippen molar-refractivity contribution in [2.45, 2.75) is 84.1 Å². The van der Waals surface area contributed by atoms with Crippen LogP contribution in [0, 0.1) is 5.92 Å². The Bertz CT molecular complexity index is 311. The Labute approximate surface area is 125 Å². The van der Waals surface area contributed by atoms with Crippen LogP contribution in [0.5, 0.6) is 0 Å². The fourth-order valence-corrected chi connectivity index (χ4v) is 4.34. The second kappa shape index (κ2) is 5.94. The Balaban J connectivity index is 2.13. The zero-order valence-corrected chi connectivity index (χ0v) is 14.3. The fourth-order valence-electron chi connectivity index (χ4n) is 4.34. The Kier molecular flexibility index (Phi) is 4.83. The van der Waals surface area contributed by atoms with Gasteiger partial charge in [-0.2, -0.15) is 0 Å². The van der Waals surface area contributed by atoms with Crippen LogP contribution in [-0.4, -0.2) is 47.8 Å². The SMILES string of the molecule is CCNC1CCC(C)CC1N1CC(C)(C)OC(C)(C)C1. The van der Waals surface area contributed by atoms with Crippen LogP contribution in [0.1, 0.15) is 60.8 Å². The minimum atomic E-state index is -0.0425. The summed E-state index contributed by atoms with van der Waals surface area (Å²) in [6.07, 6.45) is 4.01. The molecule has 2 aliphatic rings. The van der Waals surface area contributed by atoms with Crippen molar-refractivity contribution >= 4 is 0 Å². The number of ether oxygens (including phenoxy) is 1. The van der Waals surface area contributed by atoms with Crippen molar-refractivity contribution in [2.24, 2.45) is 5.92 Å². The smallest absolute Gasteiger partial charge is 0.0760 e. The molecule has 3 nitrogen and oxygen atoms in total. The van der Waals surface area contributed by atoms with Crippen molar-refractivity contribution in [1.29, 1.82) is 0 Å². The third kappa shape index (κ3) is 3.96. The normalized spacial score (nSPS) is 37.8. The maximum Gasteiger partial charge on any atom is 0.0760 e. The molecule has 0 amide bonds. The molecule has 0 aromatic heterocycles. The minimum absolute atomic E-state index is 0.0425. The molecule has 0 aromatic rings. The maximum atomic E-state index is 6.24. The van der Waals surface area contributed by atoms with Crippen molar-refractivity contribution < 1.29 is 4.74 Å². The molecule has 0 radical (unpaired) electrons. The van der Waals surface area contributed by atoms with Gasteiger partial charge in [-0.25, -0.2) is 0 Å². The minimum Gasteiger partial charge on any atom is -0.367 e. The highest BCUT2D eigenvalue weighted by Gasteiger charge is 2.43. The second-order valence-electron chi connectivity index (χ2n) is 8.18. The van der Waals surface area contributed by atoms with Crippen molar-refractivity contribution in [3.8, 4) is 0 Å². The number of likely N-dealkylation sites (N-methyl/N-ethyl adjacent to an activating group) is 1. The molecule has 1 heterocycles. The Morgan fingerprint density at radius 2 is 1.70 bits per heavy atom. The lowest BCUT2D eigenvalue weighted by Gasteiger charge is -2.52. The van der Waals surface area contributed by atoms with Gasteiger partial charge in [-0.15, -0.1) is 0 Å². The molecule has 2 rings (SSSR count). The molecule has 1 aliphatic heterocycles. The van der Waals surface area contributed by atoms with Gasteiger partial charge in [-0.3, -0.25) is 4.90 Å². The third-order valence-corrected chi connectivity index (χ3v) is 4.73. The van der Waals surface area contributed by atoms with Crippen molar-refractivity contribution in [1.82, 2.24) is 10.2 Å². The molecule has 3 heteroatoms. The van der Waals surface area contributed by atoms with Gasteiger partial charge < -0.3 is 10.1 Å². The van der Waals surface area contributed by atoms with E-state index in [0.29, 0.717) is 12.1 Å². The molecule has 0 bridgehead atoms. The summed E-state index contributed by atoms with van der Waals surface area (Å²) < 4.78 is 6.24. The zero-order valence-electron chi connectivity index (χ0n) is 14.3. The molecule has 1 N–H and O–H groups in total. The number of nitrogens with one attached hydrogen (secondary N) is 1. The first-order valence-corrected chi connectivity index (χ1v) is 8.40. The summed E-state index contributed by atoms with van der Waals surface area (Å²) >= 11 is 0. The predicted molar refractivity (Wildman–Crippen MR) is 85.1 cm³/mol. The van der Waals surface area contributed by atoms with Gasteiger partial charge in [0.15, 0.2) is 0 Å².